The first-order chi connectivity index (χ1) is 18.5. The molecule has 2 heterocycles. The van der Waals surface area contributed by atoms with E-state index < -0.39 is 29.7 Å². The Morgan fingerprint density at radius 1 is 1.10 bits per heavy atom. The third-order valence-electron chi connectivity index (χ3n) is 7.34. The van der Waals surface area contributed by atoms with Crippen molar-refractivity contribution in [3.05, 3.63) is 82.8 Å². The van der Waals surface area contributed by atoms with Crippen LogP contribution in [0.3, 0.4) is 0 Å². The van der Waals surface area contributed by atoms with Crippen LogP contribution in [0.15, 0.2) is 54.6 Å². The number of nitrogens with one attached hydrogen (secondary N) is 1. The fraction of sp³-hybridized carbons (Fsp3) is 0.310. The summed E-state index contributed by atoms with van der Waals surface area (Å²) in [5, 5.41) is 2.93. The van der Waals surface area contributed by atoms with Gasteiger partial charge in [-0.25, -0.2) is 9.37 Å². The van der Waals surface area contributed by atoms with Gasteiger partial charge in [0.1, 0.15) is 11.6 Å². The Kier molecular flexibility index (Phi) is 8.25. The van der Waals surface area contributed by atoms with Crippen LogP contribution in [0.4, 0.5) is 10.2 Å². The number of likely N-dealkylation sites (tertiary alicyclic amines) is 1. The van der Waals surface area contributed by atoms with Crippen molar-refractivity contribution < 1.29 is 18.8 Å². The summed E-state index contributed by atoms with van der Waals surface area (Å²) in [6.07, 6.45) is 1.22. The minimum absolute atomic E-state index is 0.110. The highest BCUT2D eigenvalue weighted by atomic mass is 19.1. The monoisotopic (exact) mass is 532 g/mol. The zero-order valence-electron chi connectivity index (χ0n) is 22.0. The number of amides is 3. The lowest BCUT2D eigenvalue weighted by Gasteiger charge is -2.28. The maximum absolute atomic E-state index is 13.6. The van der Waals surface area contributed by atoms with Crippen molar-refractivity contribution in [2.24, 2.45) is 17.4 Å². The Balaban J connectivity index is 1.41. The molecule has 2 aromatic carbocycles. The number of halogens is 1. The van der Waals surface area contributed by atoms with E-state index in [2.05, 4.69) is 10.3 Å². The third-order valence-corrected chi connectivity index (χ3v) is 7.34. The Morgan fingerprint density at radius 3 is 2.46 bits per heavy atom. The van der Waals surface area contributed by atoms with Crippen molar-refractivity contribution in [1.29, 1.82) is 0 Å². The third kappa shape index (κ3) is 6.40. The molecular formula is C29H33FN6O3. The van der Waals surface area contributed by atoms with Crippen LogP contribution in [0.1, 0.15) is 40.5 Å². The quantitative estimate of drug-likeness (QED) is 0.331. The van der Waals surface area contributed by atoms with Crippen LogP contribution in [-0.2, 0) is 22.6 Å². The molecule has 0 aliphatic carbocycles. The van der Waals surface area contributed by atoms with E-state index >= 15 is 0 Å². The highest BCUT2D eigenvalue weighted by Crippen LogP contribution is 2.30. The Labute approximate surface area is 226 Å². The number of nitrogen functional groups attached to an aromatic ring is 1. The van der Waals surface area contributed by atoms with E-state index in [0.29, 0.717) is 37.3 Å². The maximum atomic E-state index is 13.6. The van der Waals surface area contributed by atoms with Crippen LogP contribution < -0.4 is 22.5 Å². The van der Waals surface area contributed by atoms with Crippen molar-refractivity contribution in [3.63, 3.8) is 0 Å². The van der Waals surface area contributed by atoms with E-state index in [-0.39, 0.29) is 17.4 Å². The first kappa shape index (κ1) is 27.7. The van der Waals surface area contributed by atoms with Gasteiger partial charge in [0.2, 0.25) is 17.7 Å². The number of carbonyl (C=O) groups excluding carboxylic acids is 3. The number of primary amides is 2. The number of benzene rings is 2. The molecule has 4 rings (SSSR count). The predicted octanol–water partition coefficient (Wildman–Crippen LogP) is 2.30. The SMILES string of the molecule is Cc1nc(N)ccc1CNC(=O)[C@H](C)N1CC(Cc2ccc(-c3ccc(F)cc3C(N)=O)cc2)CC1C(N)=O. The van der Waals surface area contributed by atoms with E-state index in [9.17, 15) is 18.8 Å². The number of anilines is 1. The van der Waals surface area contributed by atoms with Crippen LogP contribution >= 0.6 is 0 Å². The maximum Gasteiger partial charge on any atom is 0.249 e. The Hall–Kier alpha value is -4.31. The van der Waals surface area contributed by atoms with E-state index in [1.807, 2.05) is 42.2 Å². The van der Waals surface area contributed by atoms with Crippen LogP contribution in [0, 0.1) is 18.7 Å². The zero-order chi connectivity index (χ0) is 28.3. The summed E-state index contributed by atoms with van der Waals surface area (Å²) in [6, 6.07) is 14.0. The van der Waals surface area contributed by atoms with Crippen molar-refractivity contribution in [1.82, 2.24) is 15.2 Å². The van der Waals surface area contributed by atoms with Crippen molar-refractivity contribution in [3.8, 4) is 11.1 Å². The summed E-state index contributed by atoms with van der Waals surface area (Å²) in [5.41, 5.74) is 20.9. The summed E-state index contributed by atoms with van der Waals surface area (Å²) < 4.78 is 13.6. The lowest BCUT2D eigenvalue weighted by atomic mass is 9.94. The lowest BCUT2D eigenvalue weighted by molar-refractivity contribution is -0.129. The number of carbonyl (C=O) groups is 3. The molecule has 1 fully saturated rings. The molecule has 2 unspecified atom stereocenters. The average Bonchev–Trinajstić information content (AvgIpc) is 3.32. The molecule has 3 aromatic rings. The minimum Gasteiger partial charge on any atom is -0.384 e. The molecular weight excluding hydrogens is 499 g/mol. The molecule has 204 valence electrons. The fourth-order valence-electron chi connectivity index (χ4n) is 5.21. The van der Waals surface area contributed by atoms with Gasteiger partial charge < -0.3 is 22.5 Å². The Morgan fingerprint density at radius 2 is 1.82 bits per heavy atom. The van der Waals surface area contributed by atoms with Crippen LogP contribution in [0.2, 0.25) is 0 Å². The van der Waals surface area contributed by atoms with Gasteiger partial charge in [-0.1, -0.05) is 36.4 Å². The normalized spacial score (nSPS) is 18.0. The van der Waals surface area contributed by atoms with Crippen LogP contribution in [0.5, 0.6) is 0 Å². The van der Waals surface area contributed by atoms with Gasteiger partial charge >= 0.3 is 0 Å². The first-order valence-corrected chi connectivity index (χ1v) is 12.8. The second kappa shape index (κ2) is 11.6. The summed E-state index contributed by atoms with van der Waals surface area (Å²) in [6.45, 7) is 4.45. The molecule has 0 radical (unpaired) electrons. The molecule has 0 spiro atoms. The number of hydrogen-bond acceptors (Lipinski definition) is 6. The summed E-state index contributed by atoms with van der Waals surface area (Å²) >= 11 is 0. The molecule has 7 N–H and O–H groups in total. The van der Waals surface area contributed by atoms with E-state index in [1.165, 1.54) is 12.1 Å². The summed E-state index contributed by atoms with van der Waals surface area (Å²) in [5.74, 6) is -1.36. The standard InChI is InChI=1S/C29H33FN6O3/c1-16-21(7-10-26(31)35-16)14-34-29(39)17(2)36-15-19(12-25(36)28(33)38)11-18-3-5-20(6-4-18)23-9-8-22(30)13-24(23)27(32)37/h3-10,13,17,19,25H,11-12,14-15H2,1-2H3,(H2,31,35)(H2,32,37)(H2,33,38)(H,34,39)/t17-,19?,25?/m0/s1. The summed E-state index contributed by atoms with van der Waals surface area (Å²) in [4.78, 5) is 43.1. The van der Waals surface area contributed by atoms with Crippen LogP contribution in [0.25, 0.3) is 11.1 Å². The highest BCUT2D eigenvalue weighted by Gasteiger charge is 2.40. The van der Waals surface area contributed by atoms with Crippen LogP contribution in [-0.4, -0.2) is 46.2 Å². The molecule has 0 bridgehead atoms. The second-order valence-electron chi connectivity index (χ2n) is 10.0. The van der Waals surface area contributed by atoms with Gasteiger partial charge in [0.15, 0.2) is 0 Å². The molecule has 10 heteroatoms. The van der Waals surface area contributed by atoms with Gasteiger partial charge in [-0.3, -0.25) is 19.3 Å². The molecule has 1 aromatic heterocycles. The molecule has 9 nitrogen and oxygen atoms in total. The highest BCUT2D eigenvalue weighted by molar-refractivity contribution is 5.99. The summed E-state index contributed by atoms with van der Waals surface area (Å²) in [7, 11) is 0. The lowest BCUT2D eigenvalue weighted by Crippen LogP contribution is -2.51. The number of aromatic nitrogens is 1. The van der Waals surface area contributed by atoms with Gasteiger partial charge in [-0.2, -0.15) is 0 Å². The van der Waals surface area contributed by atoms with E-state index in [1.54, 1.807) is 13.0 Å². The molecule has 1 saturated heterocycles. The van der Waals surface area contributed by atoms with E-state index in [4.69, 9.17) is 17.2 Å². The number of pyridine rings is 1. The smallest absolute Gasteiger partial charge is 0.249 e. The number of nitrogens with two attached hydrogens (primary N) is 3. The number of rotatable bonds is 9. The van der Waals surface area contributed by atoms with Gasteiger partial charge in [0, 0.05) is 24.3 Å². The predicted molar refractivity (Wildman–Crippen MR) is 147 cm³/mol. The second-order valence-corrected chi connectivity index (χ2v) is 10.0. The molecule has 0 saturated carbocycles. The van der Waals surface area contributed by atoms with Crippen molar-refractivity contribution >= 4 is 23.5 Å². The van der Waals surface area contributed by atoms with Crippen molar-refractivity contribution in [2.45, 2.75) is 45.3 Å². The van der Waals surface area contributed by atoms with Gasteiger partial charge in [-0.05, 0) is 73.1 Å². The van der Waals surface area contributed by atoms with E-state index in [0.717, 1.165) is 28.5 Å². The Bertz CT molecular complexity index is 1390. The van der Waals surface area contributed by atoms with Crippen molar-refractivity contribution in [2.75, 3.05) is 12.3 Å². The average molecular weight is 533 g/mol. The number of hydrogen-bond donors (Lipinski definition) is 4. The molecule has 1 aliphatic rings. The number of nitrogens with zero attached hydrogens (tertiary/aromatic N) is 2. The van der Waals surface area contributed by atoms with Gasteiger partial charge in [-0.15, -0.1) is 0 Å². The molecule has 1 aliphatic heterocycles. The number of aryl methyl sites for hydroxylation is 1. The molecule has 3 amide bonds. The molecule has 3 atom stereocenters. The minimum atomic E-state index is -0.699. The van der Waals surface area contributed by atoms with Gasteiger partial charge in [0.05, 0.1) is 12.1 Å². The zero-order valence-corrected chi connectivity index (χ0v) is 22.0. The van der Waals surface area contributed by atoms with Gasteiger partial charge in [0.25, 0.3) is 0 Å². The fourth-order valence-corrected chi connectivity index (χ4v) is 5.21. The first-order valence-electron chi connectivity index (χ1n) is 12.8. The largest absolute Gasteiger partial charge is 0.384 e. The molecule has 39 heavy (non-hydrogen) atoms. The topological polar surface area (TPSA) is 157 Å².